The quantitative estimate of drug-likeness (QED) is 0.842. The van der Waals surface area contributed by atoms with Crippen LogP contribution in [0.3, 0.4) is 0 Å². The number of aromatic amines is 1. The van der Waals surface area contributed by atoms with Gasteiger partial charge >= 0.3 is 0 Å². The summed E-state index contributed by atoms with van der Waals surface area (Å²) >= 11 is 0. The first-order valence-corrected chi connectivity index (χ1v) is 9.00. The second kappa shape index (κ2) is 7.20. The number of nitrogens with one attached hydrogen (secondary N) is 2. The lowest BCUT2D eigenvalue weighted by Gasteiger charge is -2.29. The van der Waals surface area contributed by atoms with Gasteiger partial charge < -0.3 is 10.3 Å². The Balaban J connectivity index is 1.59. The van der Waals surface area contributed by atoms with Crippen LogP contribution in [-0.2, 0) is 11.2 Å². The van der Waals surface area contributed by atoms with E-state index in [0.29, 0.717) is 12.0 Å². The van der Waals surface area contributed by atoms with Crippen LogP contribution in [0.2, 0.25) is 0 Å². The number of hydrogen-bond acceptors (Lipinski definition) is 1. The molecule has 0 radical (unpaired) electrons. The Morgan fingerprint density at radius 1 is 1.22 bits per heavy atom. The fourth-order valence-electron chi connectivity index (χ4n) is 3.84. The highest BCUT2D eigenvalue weighted by molar-refractivity contribution is 5.84. The van der Waals surface area contributed by atoms with Crippen LogP contribution in [0.4, 0.5) is 0 Å². The molecule has 124 valence electrons. The Labute approximate surface area is 138 Å². The molecule has 0 bridgehead atoms. The molecule has 23 heavy (non-hydrogen) atoms. The summed E-state index contributed by atoms with van der Waals surface area (Å²) in [6.07, 6.45) is 9.34. The molecule has 2 atom stereocenters. The van der Waals surface area contributed by atoms with Crippen molar-refractivity contribution in [1.82, 2.24) is 10.3 Å². The van der Waals surface area contributed by atoms with E-state index in [9.17, 15) is 4.79 Å². The lowest BCUT2D eigenvalue weighted by Crippen LogP contribution is -2.41. The molecule has 1 aliphatic carbocycles. The largest absolute Gasteiger partial charge is 0.361 e. The number of fused-ring (bicyclic) bond motifs is 1. The van der Waals surface area contributed by atoms with E-state index in [0.717, 1.165) is 11.9 Å². The van der Waals surface area contributed by atoms with Crippen molar-refractivity contribution in [3.8, 4) is 0 Å². The SMILES string of the molecule is CC(Cc1c[nH]c2ccccc12)C(=O)NC(C)C1CCCCC1. The number of carbonyl (C=O) groups excluding carboxylic acids is 1. The average Bonchev–Trinajstić information content (AvgIpc) is 2.98. The minimum absolute atomic E-state index is 0.000228. The van der Waals surface area contributed by atoms with E-state index in [1.165, 1.54) is 43.1 Å². The smallest absolute Gasteiger partial charge is 0.223 e. The highest BCUT2D eigenvalue weighted by atomic mass is 16.1. The zero-order valence-electron chi connectivity index (χ0n) is 14.3. The summed E-state index contributed by atoms with van der Waals surface area (Å²) in [5, 5.41) is 4.49. The van der Waals surface area contributed by atoms with E-state index < -0.39 is 0 Å². The molecule has 1 aromatic heterocycles. The van der Waals surface area contributed by atoms with Crippen molar-refractivity contribution < 1.29 is 4.79 Å². The predicted molar refractivity (Wildman–Crippen MR) is 95.3 cm³/mol. The van der Waals surface area contributed by atoms with Crippen LogP contribution in [0.25, 0.3) is 10.9 Å². The molecule has 1 fully saturated rings. The van der Waals surface area contributed by atoms with Crippen molar-refractivity contribution >= 4 is 16.8 Å². The molecule has 2 N–H and O–H groups in total. The van der Waals surface area contributed by atoms with Crippen molar-refractivity contribution in [3.63, 3.8) is 0 Å². The third-order valence-electron chi connectivity index (χ3n) is 5.38. The summed E-state index contributed by atoms with van der Waals surface area (Å²) in [7, 11) is 0. The number of para-hydroxylation sites is 1. The summed E-state index contributed by atoms with van der Waals surface area (Å²) in [5.41, 5.74) is 2.37. The van der Waals surface area contributed by atoms with Crippen LogP contribution in [0.5, 0.6) is 0 Å². The fraction of sp³-hybridized carbons (Fsp3) is 0.550. The molecule has 3 rings (SSSR count). The zero-order chi connectivity index (χ0) is 16.2. The number of rotatable bonds is 5. The summed E-state index contributed by atoms with van der Waals surface area (Å²) < 4.78 is 0. The van der Waals surface area contributed by atoms with Gasteiger partial charge in [0.25, 0.3) is 0 Å². The Hall–Kier alpha value is -1.77. The van der Waals surface area contributed by atoms with E-state index in [4.69, 9.17) is 0 Å². The van der Waals surface area contributed by atoms with Crippen LogP contribution in [0.1, 0.15) is 51.5 Å². The van der Waals surface area contributed by atoms with Crippen LogP contribution in [0, 0.1) is 11.8 Å². The Bertz CT molecular complexity index is 654. The third kappa shape index (κ3) is 3.77. The van der Waals surface area contributed by atoms with Gasteiger partial charge in [-0.05, 0) is 43.7 Å². The zero-order valence-corrected chi connectivity index (χ0v) is 14.3. The van der Waals surface area contributed by atoms with Gasteiger partial charge in [0.05, 0.1) is 0 Å². The van der Waals surface area contributed by atoms with E-state index >= 15 is 0 Å². The molecule has 0 spiro atoms. The number of amides is 1. The number of H-pyrrole nitrogens is 1. The van der Waals surface area contributed by atoms with Crippen molar-refractivity contribution in [2.24, 2.45) is 11.8 Å². The number of carbonyl (C=O) groups is 1. The molecule has 3 heteroatoms. The minimum Gasteiger partial charge on any atom is -0.361 e. The van der Waals surface area contributed by atoms with E-state index in [2.05, 4.69) is 35.4 Å². The monoisotopic (exact) mass is 312 g/mol. The van der Waals surface area contributed by atoms with Crippen molar-refractivity contribution in [3.05, 3.63) is 36.0 Å². The molecule has 0 saturated heterocycles. The van der Waals surface area contributed by atoms with Crippen molar-refractivity contribution in [1.29, 1.82) is 0 Å². The van der Waals surface area contributed by atoms with Gasteiger partial charge in [0.1, 0.15) is 0 Å². The summed E-state index contributed by atoms with van der Waals surface area (Å²) in [5.74, 6) is 0.849. The van der Waals surface area contributed by atoms with Gasteiger partial charge in [0, 0.05) is 29.1 Å². The fourth-order valence-corrected chi connectivity index (χ4v) is 3.84. The molecule has 1 amide bonds. The lowest BCUT2D eigenvalue weighted by atomic mass is 9.84. The van der Waals surface area contributed by atoms with Gasteiger partial charge in [-0.15, -0.1) is 0 Å². The molecule has 3 nitrogen and oxygen atoms in total. The maximum atomic E-state index is 12.5. The maximum Gasteiger partial charge on any atom is 0.223 e. The number of benzene rings is 1. The van der Waals surface area contributed by atoms with E-state index in [1.54, 1.807) is 0 Å². The molecule has 1 aromatic carbocycles. The van der Waals surface area contributed by atoms with Gasteiger partial charge in [-0.2, -0.15) is 0 Å². The van der Waals surface area contributed by atoms with Gasteiger partial charge in [-0.3, -0.25) is 4.79 Å². The Morgan fingerprint density at radius 2 is 1.96 bits per heavy atom. The molecule has 2 aromatic rings. The first-order chi connectivity index (χ1) is 11.1. The van der Waals surface area contributed by atoms with Crippen LogP contribution in [-0.4, -0.2) is 16.9 Å². The number of aromatic nitrogens is 1. The average molecular weight is 312 g/mol. The van der Waals surface area contributed by atoms with Gasteiger partial charge in [0.15, 0.2) is 0 Å². The van der Waals surface area contributed by atoms with E-state index in [-0.39, 0.29) is 11.8 Å². The summed E-state index contributed by atoms with van der Waals surface area (Å²) in [6.45, 7) is 4.21. The highest BCUT2D eigenvalue weighted by Crippen LogP contribution is 2.27. The second-order valence-corrected chi connectivity index (χ2v) is 7.16. The summed E-state index contributed by atoms with van der Waals surface area (Å²) in [6, 6.07) is 8.58. The first kappa shape index (κ1) is 16.1. The predicted octanol–water partition coefficient (Wildman–Crippen LogP) is 4.43. The molecular weight excluding hydrogens is 284 g/mol. The minimum atomic E-state index is 0.000228. The number of hydrogen-bond donors (Lipinski definition) is 2. The molecule has 1 heterocycles. The van der Waals surface area contributed by atoms with Gasteiger partial charge in [-0.1, -0.05) is 44.4 Å². The molecule has 0 aliphatic heterocycles. The molecule has 1 saturated carbocycles. The molecular formula is C20H28N2O. The van der Waals surface area contributed by atoms with Crippen molar-refractivity contribution in [2.75, 3.05) is 0 Å². The third-order valence-corrected chi connectivity index (χ3v) is 5.38. The standard InChI is InChI=1S/C20H28N2O/c1-14(12-17-13-21-19-11-7-6-10-18(17)19)20(23)22-15(2)16-8-4-3-5-9-16/h6-7,10-11,13-16,21H,3-5,8-9,12H2,1-2H3,(H,22,23). The van der Waals surface area contributed by atoms with Gasteiger partial charge in [0.2, 0.25) is 5.91 Å². The van der Waals surface area contributed by atoms with Crippen LogP contribution in [0.15, 0.2) is 30.5 Å². The first-order valence-electron chi connectivity index (χ1n) is 9.00. The highest BCUT2D eigenvalue weighted by Gasteiger charge is 2.23. The summed E-state index contributed by atoms with van der Waals surface area (Å²) in [4.78, 5) is 15.8. The lowest BCUT2D eigenvalue weighted by molar-refractivity contribution is -0.125. The molecule has 1 aliphatic rings. The topological polar surface area (TPSA) is 44.9 Å². The van der Waals surface area contributed by atoms with Crippen LogP contribution < -0.4 is 5.32 Å². The van der Waals surface area contributed by atoms with E-state index in [1.807, 2.05) is 19.2 Å². The normalized spacial score (nSPS) is 18.7. The Kier molecular flexibility index (Phi) is 5.04. The van der Waals surface area contributed by atoms with Crippen LogP contribution >= 0.6 is 0 Å². The maximum absolute atomic E-state index is 12.5. The Morgan fingerprint density at radius 3 is 2.74 bits per heavy atom. The second-order valence-electron chi connectivity index (χ2n) is 7.16. The molecule has 2 unspecified atom stereocenters. The van der Waals surface area contributed by atoms with Crippen molar-refractivity contribution in [2.45, 2.75) is 58.4 Å². The van der Waals surface area contributed by atoms with Gasteiger partial charge in [-0.25, -0.2) is 0 Å².